The number of sulfonamides is 1. The Morgan fingerprint density at radius 3 is 2.47 bits per heavy atom. The van der Waals surface area contributed by atoms with Gasteiger partial charge >= 0.3 is 12.4 Å². The van der Waals surface area contributed by atoms with Crippen molar-refractivity contribution in [2.75, 3.05) is 5.32 Å². The molecule has 1 aliphatic rings. The molecule has 0 unspecified atom stereocenters. The van der Waals surface area contributed by atoms with E-state index in [0.717, 1.165) is 18.5 Å². The van der Waals surface area contributed by atoms with Gasteiger partial charge in [0.2, 0.25) is 0 Å². The predicted molar refractivity (Wildman–Crippen MR) is 105 cm³/mol. The highest BCUT2D eigenvalue weighted by molar-refractivity contribution is 7.89. The zero-order valence-corrected chi connectivity index (χ0v) is 17.3. The number of fused-ring (bicyclic) bond motifs is 1. The van der Waals surface area contributed by atoms with E-state index in [1.54, 1.807) is 0 Å². The van der Waals surface area contributed by atoms with Gasteiger partial charge in [-0.3, -0.25) is 14.5 Å². The summed E-state index contributed by atoms with van der Waals surface area (Å²) in [6.07, 6.45) is -6.41. The molecule has 2 aromatic heterocycles. The van der Waals surface area contributed by atoms with Crippen LogP contribution in [0.3, 0.4) is 0 Å². The van der Waals surface area contributed by atoms with Crippen LogP contribution in [0.25, 0.3) is 11.8 Å². The van der Waals surface area contributed by atoms with E-state index >= 15 is 0 Å². The molecule has 0 spiro atoms. The molecule has 3 heterocycles. The lowest BCUT2D eigenvalue weighted by atomic mass is 10.1. The van der Waals surface area contributed by atoms with Gasteiger partial charge in [-0.25, -0.2) is 13.1 Å². The van der Waals surface area contributed by atoms with Crippen molar-refractivity contribution in [3.8, 4) is 5.69 Å². The van der Waals surface area contributed by atoms with Gasteiger partial charge in [0.1, 0.15) is 5.69 Å². The summed E-state index contributed by atoms with van der Waals surface area (Å²) in [4.78, 5) is 15.4. The number of hydrogen-bond acceptors (Lipinski definition) is 5. The SMILES string of the molecule is O=C(Nc1ccnc(C(F)(F)F)c1)c1cnn(-c2cccc3c2C=CNS3(=O)=O)c1C(F)(F)F. The third kappa shape index (κ3) is 4.21. The minimum atomic E-state index is -5.14. The van der Waals surface area contributed by atoms with Gasteiger partial charge in [0.25, 0.3) is 15.9 Å². The number of nitrogens with zero attached hydrogens (tertiary/aromatic N) is 3. The van der Waals surface area contributed by atoms with Crippen molar-refractivity contribution < 1.29 is 39.6 Å². The Morgan fingerprint density at radius 2 is 1.79 bits per heavy atom. The molecule has 8 nitrogen and oxygen atoms in total. The fraction of sp³-hybridized carbons (Fsp3) is 0.105. The first-order valence-corrected chi connectivity index (χ1v) is 10.6. The summed E-state index contributed by atoms with van der Waals surface area (Å²) in [5, 5.41) is 5.59. The zero-order valence-electron chi connectivity index (χ0n) is 16.4. The first kappa shape index (κ1) is 23.3. The maximum absolute atomic E-state index is 14.0. The Hall–Kier alpha value is -3.88. The maximum atomic E-state index is 14.0. The van der Waals surface area contributed by atoms with Gasteiger partial charge in [-0.2, -0.15) is 31.4 Å². The molecule has 0 saturated heterocycles. The molecule has 0 atom stereocenters. The summed E-state index contributed by atoms with van der Waals surface area (Å²) < 4.78 is 107. The lowest BCUT2D eigenvalue weighted by Crippen LogP contribution is -2.24. The van der Waals surface area contributed by atoms with Crippen molar-refractivity contribution in [3.05, 3.63) is 71.4 Å². The number of rotatable bonds is 3. The number of pyridine rings is 1. The van der Waals surface area contributed by atoms with E-state index in [1.807, 2.05) is 5.32 Å². The van der Waals surface area contributed by atoms with Crippen molar-refractivity contribution in [2.45, 2.75) is 17.2 Å². The van der Waals surface area contributed by atoms with Crippen molar-refractivity contribution >= 4 is 27.7 Å². The third-order valence-corrected chi connectivity index (χ3v) is 6.01. The number of halogens is 6. The molecule has 0 radical (unpaired) electrons. The Labute approximate surface area is 187 Å². The molecule has 1 aliphatic heterocycles. The van der Waals surface area contributed by atoms with Crippen LogP contribution in [0.1, 0.15) is 27.3 Å². The van der Waals surface area contributed by atoms with Crippen LogP contribution in [-0.4, -0.2) is 29.1 Å². The van der Waals surface area contributed by atoms with E-state index in [-0.39, 0.29) is 16.1 Å². The van der Waals surface area contributed by atoms with Gasteiger partial charge in [0.05, 0.1) is 22.3 Å². The van der Waals surface area contributed by atoms with Crippen LogP contribution in [0.2, 0.25) is 0 Å². The van der Waals surface area contributed by atoms with Gasteiger partial charge in [-0.05, 0) is 30.3 Å². The van der Waals surface area contributed by atoms with E-state index in [1.165, 1.54) is 24.3 Å². The van der Waals surface area contributed by atoms with E-state index in [4.69, 9.17) is 0 Å². The number of hydrogen-bond donors (Lipinski definition) is 2. The summed E-state index contributed by atoms with van der Waals surface area (Å²) in [5.74, 6) is -1.38. The van der Waals surface area contributed by atoms with Crippen LogP contribution < -0.4 is 10.0 Å². The number of nitrogens with one attached hydrogen (secondary N) is 2. The van der Waals surface area contributed by atoms with Crippen LogP contribution in [0.5, 0.6) is 0 Å². The summed E-state index contributed by atoms with van der Waals surface area (Å²) in [5.41, 5.74) is -4.72. The second-order valence-corrected chi connectivity index (χ2v) is 8.52. The second-order valence-electron chi connectivity index (χ2n) is 6.84. The van der Waals surface area contributed by atoms with Crippen LogP contribution in [-0.2, 0) is 22.4 Å². The molecular formula is C19H11F6N5O3S. The van der Waals surface area contributed by atoms with Gasteiger partial charge in [-0.1, -0.05) is 6.07 Å². The molecule has 1 amide bonds. The monoisotopic (exact) mass is 503 g/mol. The molecule has 15 heteroatoms. The Kier molecular flexibility index (Phi) is 5.38. The molecule has 0 saturated carbocycles. The lowest BCUT2D eigenvalue weighted by molar-refractivity contribution is -0.143. The van der Waals surface area contributed by atoms with Crippen LogP contribution in [0.4, 0.5) is 32.0 Å². The van der Waals surface area contributed by atoms with E-state index in [9.17, 15) is 39.6 Å². The molecular weight excluding hydrogens is 492 g/mol. The molecule has 1 aromatic carbocycles. The number of anilines is 1. The first-order valence-electron chi connectivity index (χ1n) is 9.11. The van der Waals surface area contributed by atoms with E-state index < -0.39 is 50.9 Å². The van der Waals surface area contributed by atoms with Crippen LogP contribution in [0.15, 0.2) is 53.8 Å². The summed E-state index contributed by atoms with van der Waals surface area (Å²) in [6, 6.07) is 4.99. The van der Waals surface area contributed by atoms with Crippen LogP contribution >= 0.6 is 0 Å². The highest BCUT2D eigenvalue weighted by Gasteiger charge is 2.41. The van der Waals surface area contributed by atoms with E-state index in [2.05, 4.69) is 14.8 Å². The minimum Gasteiger partial charge on any atom is -0.322 e. The van der Waals surface area contributed by atoms with Gasteiger partial charge < -0.3 is 5.32 Å². The highest BCUT2D eigenvalue weighted by Crippen LogP contribution is 2.36. The molecule has 3 aromatic rings. The number of carbonyl (C=O) groups excluding carboxylic acids is 1. The number of benzene rings is 1. The van der Waals surface area contributed by atoms with Crippen molar-refractivity contribution in [1.29, 1.82) is 0 Å². The lowest BCUT2D eigenvalue weighted by Gasteiger charge is -2.18. The maximum Gasteiger partial charge on any atom is 0.434 e. The largest absolute Gasteiger partial charge is 0.434 e. The van der Waals surface area contributed by atoms with E-state index in [0.29, 0.717) is 16.9 Å². The third-order valence-electron chi connectivity index (χ3n) is 4.62. The summed E-state index contributed by atoms with van der Waals surface area (Å²) in [7, 11) is -4.02. The molecule has 4 rings (SSSR count). The number of alkyl halides is 6. The second kappa shape index (κ2) is 7.86. The fourth-order valence-electron chi connectivity index (χ4n) is 3.22. The molecule has 2 N–H and O–H groups in total. The predicted octanol–water partition coefficient (Wildman–Crippen LogP) is 3.82. The molecule has 0 fully saturated rings. The smallest absolute Gasteiger partial charge is 0.322 e. The highest BCUT2D eigenvalue weighted by atomic mass is 32.2. The molecule has 34 heavy (non-hydrogen) atoms. The van der Waals surface area contributed by atoms with Crippen LogP contribution in [0, 0.1) is 0 Å². The Bertz CT molecular complexity index is 1430. The molecule has 0 aliphatic carbocycles. The zero-order chi connectivity index (χ0) is 24.9. The Morgan fingerprint density at radius 1 is 1.06 bits per heavy atom. The number of amides is 1. The standard InChI is InChI=1S/C19H11F6N5O3S/c20-18(21,22)15-8-10(4-6-26-15)29-17(31)12-9-27-30(16(12)19(23,24)25)13-2-1-3-14-11(13)5-7-28-34(14,32)33/h1-9,28H,(H,26,29,31). The van der Waals surface area contributed by atoms with Gasteiger partial charge in [-0.15, -0.1) is 0 Å². The molecule has 0 bridgehead atoms. The number of aromatic nitrogens is 3. The normalized spacial score (nSPS) is 14.9. The fourth-order valence-corrected chi connectivity index (χ4v) is 4.32. The van der Waals surface area contributed by atoms with Gasteiger partial charge in [0.15, 0.2) is 5.69 Å². The Balaban J connectivity index is 1.80. The quantitative estimate of drug-likeness (QED) is 0.529. The summed E-state index contributed by atoms with van der Waals surface area (Å²) in [6.45, 7) is 0. The van der Waals surface area contributed by atoms with Crippen molar-refractivity contribution in [3.63, 3.8) is 0 Å². The summed E-state index contributed by atoms with van der Waals surface area (Å²) >= 11 is 0. The average Bonchev–Trinajstić information content (AvgIpc) is 3.19. The van der Waals surface area contributed by atoms with Gasteiger partial charge in [0, 0.05) is 23.6 Å². The first-order chi connectivity index (χ1) is 15.8. The van der Waals surface area contributed by atoms with Crippen molar-refractivity contribution in [2.24, 2.45) is 0 Å². The van der Waals surface area contributed by atoms with Crippen molar-refractivity contribution in [1.82, 2.24) is 19.5 Å². The molecule has 178 valence electrons. The number of carbonyl (C=O) groups is 1. The minimum absolute atomic E-state index is 0.106. The topological polar surface area (TPSA) is 106 Å². The average molecular weight is 503 g/mol.